The molecule has 112 valence electrons. The molecule has 0 atom stereocenters. The van der Waals surface area contributed by atoms with Gasteiger partial charge in [-0.15, -0.1) is 11.3 Å². The van der Waals surface area contributed by atoms with Gasteiger partial charge >= 0.3 is 5.97 Å². The van der Waals surface area contributed by atoms with Crippen LogP contribution in [0.15, 0.2) is 22.0 Å². The summed E-state index contributed by atoms with van der Waals surface area (Å²) >= 11 is 1.55. The van der Waals surface area contributed by atoms with E-state index in [0.29, 0.717) is 31.3 Å². The molecule has 0 unspecified atom stereocenters. The lowest BCUT2D eigenvalue weighted by Gasteiger charge is -2.46. The highest BCUT2D eigenvalue weighted by Gasteiger charge is 2.40. The van der Waals surface area contributed by atoms with Crippen molar-refractivity contribution in [2.24, 2.45) is 0 Å². The van der Waals surface area contributed by atoms with Crippen molar-refractivity contribution in [1.82, 2.24) is 15.0 Å². The number of rotatable bonds is 6. The van der Waals surface area contributed by atoms with Crippen LogP contribution in [0.3, 0.4) is 0 Å². The minimum absolute atomic E-state index is 0.269. The Morgan fingerprint density at radius 2 is 2.43 bits per heavy atom. The molecule has 0 spiro atoms. The number of aliphatic carboxylic acids is 1. The number of thiophene rings is 1. The molecule has 0 aliphatic carbocycles. The van der Waals surface area contributed by atoms with Gasteiger partial charge in [0, 0.05) is 13.1 Å². The minimum atomic E-state index is -0.951. The van der Waals surface area contributed by atoms with Gasteiger partial charge in [-0.3, -0.25) is 4.90 Å². The van der Waals surface area contributed by atoms with Crippen LogP contribution in [0.1, 0.15) is 12.7 Å². The fourth-order valence-electron chi connectivity index (χ4n) is 2.36. The van der Waals surface area contributed by atoms with Crippen molar-refractivity contribution < 1.29 is 19.2 Å². The predicted molar refractivity (Wildman–Crippen MR) is 74.9 cm³/mol. The van der Waals surface area contributed by atoms with Gasteiger partial charge in [-0.2, -0.15) is 4.98 Å². The highest BCUT2D eigenvalue weighted by atomic mass is 32.1. The molecule has 0 bridgehead atoms. The van der Waals surface area contributed by atoms with Crippen LogP contribution in [-0.2, 0) is 16.1 Å². The molecule has 8 heteroatoms. The van der Waals surface area contributed by atoms with Crippen LogP contribution in [0, 0.1) is 0 Å². The summed E-state index contributed by atoms with van der Waals surface area (Å²) in [6.07, 6.45) is 0. The lowest BCUT2D eigenvalue weighted by molar-refractivity contribution is -0.166. The Bertz CT molecular complexity index is 619. The van der Waals surface area contributed by atoms with Crippen molar-refractivity contribution >= 4 is 17.3 Å². The van der Waals surface area contributed by atoms with E-state index in [1.165, 1.54) is 0 Å². The standard InChI is InChI=1S/C13H15N3O4S/c1-13(19-6-11(17)18)7-16(8-13)5-10-14-12(20-15-10)9-3-2-4-21-9/h2-4H,5-8H2,1H3,(H,17,18). The second-order valence-electron chi connectivity index (χ2n) is 5.27. The Balaban J connectivity index is 1.52. The summed E-state index contributed by atoms with van der Waals surface area (Å²) < 4.78 is 10.6. The maximum absolute atomic E-state index is 10.5. The van der Waals surface area contributed by atoms with Crippen molar-refractivity contribution in [2.45, 2.75) is 19.1 Å². The Labute approximate surface area is 125 Å². The lowest BCUT2D eigenvalue weighted by atomic mass is 9.96. The fourth-order valence-corrected chi connectivity index (χ4v) is 3.00. The van der Waals surface area contributed by atoms with Crippen molar-refractivity contribution in [1.29, 1.82) is 0 Å². The topological polar surface area (TPSA) is 88.7 Å². The Hall–Kier alpha value is -1.77. The largest absolute Gasteiger partial charge is 0.480 e. The van der Waals surface area contributed by atoms with Crippen LogP contribution >= 0.6 is 11.3 Å². The zero-order valence-electron chi connectivity index (χ0n) is 11.5. The number of carbonyl (C=O) groups is 1. The zero-order chi connectivity index (χ0) is 14.9. The monoisotopic (exact) mass is 309 g/mol. The molecule has 0 aromatic carbocycles. The number of hydrogen-bond acceptors (Lipinski definition) is 7. The summed E-state index contributed by atoms with van der Waals surface area (Å²) in [5.74, 6) is 0.206. The highest BCUT2D eigenvalue weighted by molar-refractivity contribution is 7.13. The quantitative estimate of drug-likeness (QED) is 0.864. The molecule has 2 aromatic heterocycles. The van der Waals surface area contributed by atoms with E-state index in [1.807, 2.05) is 24.4 Å². The molecular formula is C13H15N3O4S. The Morgan fingerprint density at radius 1 is 1.62 bits per heavy atom. The molecule has 0 saturated carbocycles. The van der Waals surface area contributed by atoms with Crippen molar-refractivity contribution in [3.05, 3.63) is 23.3 Å². The van der Waals surface area contributed by atoms with E-state index in [0.717, 1.165) is 4.88 Å². The van der Waals surface area contributed by atoms with Gasteiger partial charge in [0.15, 0.2) is 5.82 Å². The van der Waals surface area contributed by atoms with Crippen LogP contribution in [0.4, 0.5) is 0 Å². The maximum Gasteiger partial charge on any atom is 0.329 e. The highest BCUT2D eigenvalue weighted by Crippen LogP contribution is 2.27. The molecular weight excluding hydrogens is 294 g/mol. The summed E-state index contributed by atoms with van der Waals surface area (Å²) in [5, 5.41) is 14.5. The molecule has 1 N–H and O–H groups in total. The molecule has 2 aromatic rings. The SMILES string of the molecule is CC1(OCC(=O)O)CN(Cc2noc(-c3cccs3)n2)C1. The van der Waals surface area contributed by atoms with E-state index in [2.05, 4.69) is 15.0 Å². The van der Waals surface area contributed by atoms with Crippen LogP contribution in [-0.4, -0.2) is 51.4 Å². The predicted octanol–water partition coefficient (Wildman–Crippen LogP) is 1.47. The second-order valence-corrected chi connectivity index (χ2v) is 6.22. The summed E-state index contributed by atoms with van der Waals surface area (Å²) in [5.41, 5.74) is -0.404. The van der Waals surface area contributed by atoms with E-state index in [-0.39, 0.29) is 6.61 Å². The van der Waals surface area contributed by atoms with Gasteiger partial charge < -0.3 is 14.4 Å². The molecule has 21 heavy (non-hydrogen) atoms. The van der Waals surface area contributed by atoms with Gasteiger partial charge in [0.1, 0.15) is 6.61 Å². The number of likely N-dealkylation sites (tertiary alicyclic amines) is 1. The Kier molecular flexibility index (Phi) is 3.75. The zero-order valence-corrected chi connectivity index (χ0v) is 12.3. The maximum atomic E-state index is 10.5. The third-order valence-corrected chi connectivity index (χ3v) is 4.08. The number of nitrogens with zero attached hydrogens (tertiary/aromatic N) is 3. The van der Waals surface area contributed by atoms with Crippen LogP contribution in [0.2, 0.25) is 0 Å². The van der Waals surface area contributed by atoms with E-state index in [9.17, 15) is 4.79 Å². The number of aromatic nitrogens is 2. The smallest absolute Gasteiger partial charge is 0.329 e. The molecule has 3 rings (SSSR count). The Morgan fingerprint density at radius 3 is 3.10 bits per heavy atom. The number of carboxylic acids is 1. The van der Waals surface area contributed by atoms with E-state index in [4.69, 9.17) is 14.4 Å². The summed E-state index contributed by atoms with van der Waals surface area (Å²) in [6, 6.07) is 3.87. The second kappa shape index (κ2) is 5.55. The van der Waals surface area contributed by atoms with Crippen LogP contribution in [0.5, 0.6) is 0 Å². The molecule has 1 fully saturated rings. The first kappa shape index (κ1) is 14.2. The summed E-state index contributed by atoms with van der Waals surface area (Å²) in [6.45, 7) is 3.52. The fraction of sp³-hybridized carbons (Fsp3) is 0.462. The van der Waals surface area contributed by atoms with Gasteiger partial charge in [-0.05, 0) is 18.4 Å². The van der Waals surface area contributed by atoms with E-state index >= 15 is 0 Å². The van der Waals surface area contributed by atoms with Gasteiger partial charge in [0.2, 0.25) is 0 Å². The molecule has 0 radical (unpaired) electrons. The number of carboxylic acid groups (broad SMARTS) is 1. The molecule has 3 heterocycles. The third-order valence-electron chi connectivity index (χ3n) is 3.23. The minimum Gasteiger partial charge on any atom is -0.480 e. The molecule has 1 saturated heterocycles. The number of hydrogen-bond donors (Lipinski definition) is 1. The van der Waals surface area contributed by atoms with Gasteiger partial charge in [0.25, 0.3) is 5.89 Å². The van der Waals surface area contributed by atoms with Gasteiger partial charge in [-0.25, -0.2) is 4.79 Å². The molecule has 1 aliphatic heterocycles. The van der Waals surface area contributed by atoms with Gasteiger partial charge in [-0.1, -0.05) is 11.2 Å². The first-order valence-electron chi connectivity index (χ1n) is 6.49. The molecule has 0 amide bonds. The van der Waals surface area contributed by atoms with Gasteiger partial charge in [0.05, 0.1) is 17.0 Å². The molecule has 7 nitrogen and oxygen atoms in total. The van der Waals surface area contributed by atoms with Crippen LogP contribution < -0.4 is 0 Å². The third kappa shape index (κ3) is 3.29. The first-order chi connectivity index (χ1) is 10.0. The average molecular weight is 309 g/mol. The van der Waals surface area contributed by atoms with Crippen molar-refractivity contribution in [3.8, 4) is 10.8 Å². The number of ether oxygens (including phenoxy) is 1. The summed E-state index contributed by atoms with van der Waals surface area (Å²) in [7, 11) is 0. The lowest BCUT2D eigenvalue weighted by Crippen LogP contribution is -2.61. The van der Waals surface area contributed by atoms with Crippen molar-refractivity contribution in [3.63, 3.8) is 0 Å². The normalized spacial score (nSPS) is 17.6. The van der Waals surface area contributed by atoms with E-state index < -0.39 is 11.6 Å². The van der Waals surface area contributed by atoms with Crippen molar-refractivity contribution in [2.75, 3.05) is 19.7 Å². The van der Waals surface area contributed by atoms with Crippen LogP contribution in [0.25, 0.3) is 10.8 Å². The molecule has 1 aliphatic rings. The average Bonchev–Trinajstić information content (AvgIpc) is 3.04. The van der Waals surface area contributed by atoms with E-state index in [1.54, 1.807) is 11.3 Å². The summed E-state index contributed by atoms with van der Waals surface area (Å²) in [4.78, 5) is 17.9. The first-order valence-corrected chi connectivity index (χ1v) is 7.37.